The lowest BCUT2D eigenvalue weighted by Crippen LogP contribution is -2.16. The van der Waals surface area contributed by atoms with Crippen LogP contribution in [0, 0.1) is 0 Å². The average Bonchev–Trinajstić information content (AvgIpc) is 2.88. The van der Waals surface area contributed by atoms with Gasteiger partial charge in [-0.15, -0.1) is 10.2 Å². The summed E-state index contributed by atoms with van der Waals surface area (Å²) in [6.07, 6.45) is -4.63. The zero-order valence-electron chi connectivity index (χ0n) is 10.5. The first-order chi connectivity index (χ1) is 9.81. The van der Waals surface area contributed by atoms with Gasteiger partial charge in [0.1, 0.15) is 0 Å². The average molecular weight is 337 g/mol. The number of carbonyl (C=O) groups excluding carboxylic acids is 1. The number of alkyl halides is 3. The number of halogens is 4. The molecule has 0 saturated carbocycles. The van der Waals surface area contributed by atoms with Gasteiger partial charge in [-0.25, -0.2) is 0 Å². The molecule has 0 unspecified atom stereocenters. The second-order valence-corrected chi connectivity index (χ2v) is 5.22. The molecule has 0 saturated heterocycles. The van der Waals surface area contributed by atoms with Crippen LogP contribution in [-0.2, 0) is 6.18 Å². The van der Waals surface area contributed by atoms with Crippen LogP contribution >= 0.6 is 22.9 Å². The zero-order chi connectivity index (χ0) is 15.6. The summed E-state index contributed by atoms with van der Waals surface area (Å²) in [4.78, 5) is 11.9. The number of nitrogens with zero attached hydrogens (tertiary/aromatic N) is 2. The van der Waals surface area contributed by atoms with Crippen LogP contribution in [0.25, 0.3) is 0 Å². The molecule has 112 valence electrons. The van der Waals surface area contributed by atoms with Crippen molar-refractivity contribution < 1.29 is 18.0 Å². The van der Waals surface area contributed by atoms with Gasteiger partial charge in [0.15, 0.2) is 0 Å². The third-order valence-corrected chi connectivity index (χ3v) is 3.54. The van der Waals surface area contributed by atoms with Gasteiger partial charge in [-0.05, 0) is 18.2 Å². The van der Waals surface area contributed by atoms with Crippen molar-refractivity contribution in [1.82, 2.24) is 10.2 Å². The van der Waals surface area contributed by atoms with Gasteiger partial charge in [-0.2, -0.15) is 13.2 Å². The number of benzene rings is 1. The second kappa shape index (κ2) is 5.86. The Labute approximate surface area is 126 Å². The number of amides is 1. The highest BCUT2D eigenvalue weighted by atomic mass is 35.5. The molecule has 0 aliphatic rings. The normalized spacial score (nSPS) is 11.3. The number of hydrogen-bond acceptors (Lipinski definition) is 5. The fourth-order valence-corrected chi connectivity index (χ4v) is 2.22. The Morgan fingerprint density at radius 1 is 1.33 bits per heavy atom. The molecule has 2 aromatic rings. The van der Waals surface area contributed by atoms with Crippen molar-refractivity contribution >= 4 is 39.7 Å². The van der Waals surface area contributed by atoms with Crippen LogP contribution in [-0.4, -0.2) is 23.2 Å². The van der Waals surface area contributed by atoms with Gasteiger partial charge < -0.3 is 10.6 Å². The summed E-state index contributed by atoms with van der Waals surface area (Å²) in [5.41, 5.74) is -1.42. The lowest BCUT2D eigenvalue weighted by molar-refractivity contribution is -0.136. The van der Waals surface area contributed by atoms with Crippen molar-refractivity contribution in [2.45, 2.75) is 6.18 Å². The molecular formula is C11H8ClF3N4OS. The maximum atomic E-state index is 12.9. The van der Waals surface area contributed by atoms with Gasteiger partial charge in [0.2, 0.25) is 10.1 Å². The standard InChI is InChI=1S/C11H8ClF3N4OS/c1-16-10-19-18-9(21-10)8(20)17-7-3-2-5(12)4-6(7)11(13,14)15/h2-4H,1H3,(H,16,19)(H,17,20). The van der Waals surface area contributed by atoms with Crippen LogP contribution in [0.5, 0.6) is 0 Å². The van der Waals surface area contributed by atoms with Gasteiger partial charge in [-0.3, -0.25) is 4.79 Å². The number of rotatable bonds is 3. The fraction of sp³-hybridized carbons (Fsp3) is 0.182. The first-order valence-corrected chi connectivity index (χ1v) is 6.70. The van der Waals surface area contributed by atoms with Gasteiger partial charge in [0.05, 0.1) is 11.3 Å². The lowest BCUT2D eigenvalue weighted by atomic mass is 10.1. The molecule has 0 aliphatic carbocycles. The maximum Gasteiger partial charge on any atom is 0.418 e. The largest absolute Gasteiger partial charge is 0.418 e. The molecular weight excluding hydrogens is 329 g/mol. The molecule has 0 radical (unpaired) electrons. The first kappa shape index (κ1) is 15.5. The fourth-order valence-electron chi connectivity index (χ4n) is 1.45. The van der Waals surface area contributed by atoms with E-state index in [0.717, 1.165) is 23.5 Å². The van der Waals surface area contributed by atoms with Crippen molar-refractivity contribution in [3.05, 3.63) is 33.8 Å². The van der Waals surface area contributed by atoms with Gasteiger partial charge in [0, 0.05) is 12.1 Å². The zero-order valence-corrected chi connectivity index (χ0v) is 12.0. The number of anilines is 2. The van der Waals surface area contributed by atoms with Crippen molar-refractivity contribution in [3.8, 4) is 0 Å². The Hall–Kier alpha value is -1.87. The second-order valence-electron chi connectivity index (χ2n) is 3.80. The summed E-state index contributed by atoms with van der Waals surface area (Å²) < 4.78 is 38.7. The molecule has 1 amide bonds. The molecule has 0 atom stereocenters. The van der Waals surface area contributed by atoms with Crippen LogP contribution < -0.4 is 10.6 Å². The minimum absolute atomic E-state index is 0.0533. The molecule has 1 aromatic heterocycles. The lowest BCUT2D eigenvalue weighted by Gasteiger charge is -2.13. The smallest absolute Gasteiger partial charge is 0.363 e. The molecule has 0 spiro atoms. The van der Waals surface area contributed by atoms with E-state index in [4.69, 9.17) is 11.6 Å². The van der Waals surface area contributed by atoms with Crippen LogP contribution in [0.2, 0.25) is 5.02 Å². The highest BCUT2D eigenvalue weighted by Crippen LogP contribution is 2.36. The minimum Gasteiger partial charge on any atom is -0.363 e. The third kappa shape index (κ3) is 3.61. The van der Waals surface area contributed by atoms with Crippen molar-refractivity contribution in [2.75, 3.05) is 17.7 Å². The van der Waals surface area contributed by atoms with Gasteiger partial charge >= 0.3 is 6.18 Å². The SMILES string of the molecule is CNc1nnc(C(=O)Nc2ccc(Cl)cc2C(F)(F)F)s1. The van der Waals surface area contributed by atoms with E-state index in [2.05, 4.69) is 20.8 Å². The van der Waals surface area contributed by atoms with Crippen LogP contribution in [0.1, 0.15) is 15.4 Å². The van der Waals surface area contributed by atoms with E-state index in [1.807, 2.05) is 0 Å². The Balaban J connectivity index is 2.29. The quantitative estimate of drug-likeness (QED) is 0.900. The van der Waals surface area contributed by atoms with E-state index >= 15 is 0 Å². The summed E-state index contributed by atoms with van der Waals surface area (Å²) in [5.74, 6) is -0.776. The molecule has 0 bridgehead atoms. The molecule has 0 aliphatic heterocycles. The molecule has 1 heterocycles. The van der Waals surface area contributed by atoms with E-state index in [1.165, 1.54) is 6.07 Å². The summed E-state index contributed by atoms with van der Waals surface area (Å²) in [6, 6.07) is 3.09. The van der Waals surface area contributed by atoms with Crippen molar-refractivity contribution in [3.63, 3.8) is 0 Å². The van der Waals surface area contributed by atoms with Gasteiger partial charge in [-0.1, -0.05) is 22.9 Å². The van der Waals surface area contributed by atoms with Gasteiger partial charge in [0.25, 0.3) is 5.91 Å². The Bertz CT molecular complexity index is 674. The highest BCUT2D eigenvalue weighted by Gasteiger charge is 2.34. The topological polar surface area (TPSA) is 66.9 Å². The Kier molecular flexibility index (Phi) is 4.33. The van der Waals surface area contributed by atoms with E-state index in [0.29, 0.717) is 5.13 Å². The summed E-state index contributed by atoms with van der Waals surface area (Å²) in [6.45, 7) is 0. The maximum absolute atomic E-state index is 12.9. The van der Waals surface area contributed by atoms with Crippen LogP contribution in [0.4, 0.5) is 24.0 Å². The van der Waals surface area contributed by atoms with E-state index < -0.39 is 23.3 Å². The number of hydrogen-bond donors (Lipinski definition) is 2. The predicted octanol–water partition coefficient (Wildman–Crippen LogP) is 3.50. The minimum atomic E-state index is -4.63. The number of nitrogens with one attached hydrogen (secondary N) is 2. The van der Waals surface area contributed by atoms with E-state index in [9.17, 15) is 18.0 Å². The molecule has 2 N–H and O–H groups in total. The highest BCUT2D eigenvalue weighted by molar-refractivity contribution is 7.17. The van der Waals surface area contributed by atoms with Crippen LogP contribution in [0.3, 0.4) is 0 Å². The Morgan fingerprint density at radius 3 is 2.62 bits per heavy atom. The molecule has 2 rings (SSSR count). The number of carbonyl (C=O) groups is 1. The molecule has 5 nitrogen and oxygen atoms in total. The number of aromatic nitrogens is 2. The van der Waals surface area contributed by atoms with Crippen molar-refractivity contribution in [1.29, 1.82) is 0 Å². The predicted molar refractivity (Wildman–Crippen MR) is 73.9 cm³/mol. The third-order valence-electron chi connectivity index (χ3n) is 2.37. The van der Waals surface area contributed by atoms with Crippen LogP contribution in [0.15, 0.2) is 18.2 Å². The summed E-state index contributed by atoms with van der Waals surface area (Å²) in [7, 11) is 1.59. The van der Waals surface area contributed by atoms with Crippen molar-refractivity contribution in [2.24, 2.45) is 0 Å². The molecule has 0 fully saturated rings. The first-order valence-electron chi connectivity index (χ1n) is 5.50. The summed E-state index contributed by atoms with van der Waals surface area (Å²) in [5, 5.41) is 12.3. The molecule has 21 heavy (non-hydrogen) atoms. The molecule has 1 aromatic carbocycles. The summed E-state index contributed by atoms with van der Waals surface area (Å²) >= 11 is 6.48. The Morgan fingerprint density at radius 2 is 2.05 bits per heavy atom. The molecule has 10 heteroatoms. The monoisotopic (exact) mass is 336 g/mol. The van der Waals surface area contributed by atoms with E-state index in [-0.39, 0.29) is 10.0 Å². The van der Waals surface area contributed by atoms with E-state index in [1.54, 1.807) is 7.05 Å².